The molecule has 0 bridgehead atoms. The molecule has 0 saturated carbocycles. The van der Waals surface area contributed by atoms with Gasteiger partial charge in [0.1, 0.15) is 0 Å². The van der Waals surface area contributed by atoms with Crippen molar-refractivity contribution < 1.29 is 9.32 Å². The number of aromatic nitrogens is 1. The van der Waals surface area contributed by atoms with Crippen LogP contribution in [0.25, 0.3) is 11.3 Å². The van der Waals surface area contributed by atoms with Gasteiger partial charge in [0, 0.05) is 23.7 Å². The van der Waals surface area contributed by atoms with Gasteiger partial charge in [0.15, 0.2) is 11.5 Å². The smallest absolute Gasteiger partial charge is 0.276 e. The summed E-state index contributed by atoms with van der Waals surface area (Å²) in [5.41, 5.74) is 2.53. The van der Waals surface area contributed by atoms with Gasteiger partial charge in [-0.15, -0.1) is 0 Å². The summed E-state index contributed by atoms with van der Waals surface area (Å²) >= 11 is 0. The van der Waals surface area contributed by atoms with Crippen LogP contribution < -0.4 is 0 Å². The second-order valence-corrected chi connectivity index (χ2v) is 6.28. The highest BCUT2D eigenvalue weighted by Crippen LogP contribution is 2.26. The monoisotopic (exact) mass is 298 g/mol. The van der Waals surface area contributed by atoms with Gasteiger partial charge in [-0.25, -0.2) is 0 Å². The number of hydrogen-bond donors (Lipinski definition) is 0. The maximum Gasteiger partial charge on any atom is 0.276 e. The molecule has 2 atom stereocenters. The number of amides is 1. The molecular weight excluding hydrogens is 276 g/mol. The minimum absolute atomic E-state index is 0.0261. The fourth-order valence-corrected chi connectivity index (χ4v) is 3.18. The third-order valence-corrected chi connectivity index (χ3v) is 4.49. The van der Waals surface area contributed by atoms with Gasteiger partial charge in [0.25, 0.3) is 5.91 Å². The molecule has 4 nitrogen and oxygen atoms in total. The molecule has 1 aliphatic heterocycles. The van der Waals surface area contributed by atoms with E-state index in [-0.39, 0.29) is 18.0 Å². The first kappa shape index (κ1) is 14.8. The van der Waals surface area contributed by atoms with Crippen LogP contribution in [-0.4, -0.2) is 28.0 Å². The zero-order chi connectivity index (χ0) is 15.7. The molecule has 2 unspecified atom stereocenters. The average molecular weight is 298 g/mol. The summed E-state index contributed by atoms with van der Waals surface area (Å²) in [6, 6.07) is 10.3. The Balaban J connectivity index is 1.83. The van der Waals surface area contributed by atoms with E-state index in [9.17, 15) is 4.79 Å². The van der Waals surface area contributed by atoms with E-state index < -0.39 is 0 Å². The third-order valence-electron chi connectivity index (χ3n) is 4.49. The fraction of sp³-hybridized carbons (Fsp3) is 0.444. The summed E-state index contributed by atoms with van der Waals surface area (Å²) in [5, 5.41) is 3.99. The number of piperidine rings is 1. The second kappa shape index (κ2) is 5.95. The molecule has 0 radical (unpaired) electrons. The highest BCUT2D eigenvalue weighted by molar-refractivity contribution is 5.93. The van der Waals surface area contributed by atoms with Crippen LogP contribution in [-0.2, 0) is 0 Å². The molecule has 4 heteroatoms. The maximum atomic E-state index is 12.7. The molecular formula is C18H22N2O2. The van der Waals surface area contributed by atoms with Gasteiger partial charge >= 0.3 is 0 Å². The highest BCUT2D eigenvalue weighted by Gasteiger charge is 2.31. The second-order valence-electron chi connectivity index (χ2n) is 6.28. The van der Waals surface area contributed by atoms with Gasteiger partial charge in [-0.05, 0) is 40.0 Å². The van der Waals surface area contributed by atoms with Gasteiger partial charge in [0.05, 0.1) is 0 Å². The predicted octanol–water partition coefficient (Wildman–Crippen LogP) is 4.05. The number of aryl methyl sites for hydroxylation is 1. The number of hydrogen-bond acceptors (Lipinski definition) is 3. The van der Waals surface area contributed by atoms with Gasteiger partial charge < -0.3 is 9.42 Å². The molecule has 1 fully saturated rings. The van der Waals surface area contributed by atoms with E-state index in [1.165, 1.54) is 12.0 Å². The van der Waals surface area contributed by atoms with E-state index in [1.807, 2.05) is 36.1 Å². The number of nitrogens with zero attached hydrogens (tertiary/aromatic N) is 2. The molecule has 0 spiro atoms. The van der Waals surface area contributed by atoms with Gasteiger partial charge in [0.2, 0.25) is 0 Å². The van der Waals surface area contributed by atoms with Crippen LogP contribution in [0.3, 0.4) is 0 Å². The Bertz CT molecular complexity index is 650. The Kier molecular flexibility index (Phi) is 4.01. The van der Waals surface area contributed by atoms with Gasteiger partial charge in [-0.2, -0.15) is 0 Å². The number of likely N-dealkylation sites (tertiary alicyclic amines) is 1. The largest absolute Gasteiger partial charge is 0.355 e. The molecule has 0 aliphatic carbocycles. The Hall–Kier alpha value is -2.10. The van der Waals surface area contributed by atoms with Gasteiger partial charge in [-0.3, -0.25) is 4.79 Å². The molecule has 1 aromatic heterocycles. The molecule has 1 amide bonds. The van der Waals surface area contributed by atoms with Crippen LogP contribution in [0.5, 0.6) is 0 Å². The first-order valence-corrected chi connectivity index (χ1v) is 7.92. The third kappa shape index (κ3) is 2.78. The molecule has 1 saturated heterocycles. The van der Waals surface area contributed by atoms with Crippen molar-refractivity contribution in [1.82, 2.24) is 10.1 Å². The first-order chi connectivity index (χ1) is 10.6. The number of benzene rings is 1. The minimum Gasteiger partial charge on any atom is -0.355 e. The molecule has 2 heterocycles. The predicted molar refractivity (Wildman–Crippen MR) is 85.6 cm³/mol. The topological polar surface area (TPSA) is 46.3 Å². The van der Waals surface area contributed by atoms with Crippen molar-refractivity contribution in [2.24, 2.45) is 0 Å². The lowest BCUT2D eigenvalue weighted by atomic mass is 9.97. The minimum atomic E-state index is -0.0261. The van der Waals surface area contributed by atoms with E-state index >= 15 is 0 Å². The SMILES string of the molecule is Cc1ccc(-c2cc(C(=O)N3C(C)CCCC3C)no2)cc1. The quantitative estimate of drug-likeness (QED) is 0.840. The molecule has 1 aromatic carbocycles. The molecule has 22 heavy (non-hydrogen) atoms. The number of carbonyl (C=O) groups excluding carboxylic acids is 1. The summed E-state index contributed by atoms with van der Waals surface area (Å²) < 4.78 is 5.38. The van der Waals surface area contributed by atoms with Crippen molar-refractivity contribution in [1.29, 1.82) is 0 Å². The zero-order valence-electron chi connectivity index (χ0n) is 13.4. The maximum absolute atomic E-state index is 12.7. The van der Waals surface area contributed by atoms with Gasteiger partial charge in [-0.1, -0.05) is 35.0 Å². The van der Waals surface area contributed by atoms with Crippen LogP contribution in [0.2, 0.25) is 0 Å². The number of carbonyl (C=O) groups is 1. The summed E-state index contributed by atoms with van der Waals surface area (Å²) in [4.78, 5) is 14.7. The van der Waals surface area contributed by atoms with Crippen LogP contribution in [0.1, 0.15) is 49.2 Å². The molecule has 116 valence electrons. The summed E-state index contributed by atoms with van der Waals surface area (Å²) in [5.74, 6) is 0.613. The van der Waals surface area contributed by atoms with Crippen molar-refractivity contribution in [3.63, 3.8) is 0 Å². The van der Waals surface area contributed by atoms with Crippen molar-refractivity contribution in [2.75, 3.05) is 0 Å². The summed E-state index contributed by atoms with van der Waals surface area (Å²) in [7, 11) is 0. The van der Waals surface area contributed by atoms with Crippen LogP contribution in [0.4, 0.5) is 0 Å². The van der Waals surface area contributed by atoms with E-state index in [4.69, 9.17) is 4.52 Å². The van der Waals surface area contributed by atoms with Crippen molar-refractivity contribution in [3.05, 3.63) is 41.6 Å². The Morgan fingerprint density at radius 1 is 1.18 bits per heavy atom. The van der Waals surface area contributed by atoms with Crippen molar-refractivity contribution >= 4 is 5.91 Å². The van der Waals surface area contributed by atoms with E-state index in [1.54, 1.807) is 6.07 Å². The molecule has 3 rings (SSSR count). The molecule has 1 aliphatic rings. The number of rotatable bonds is 2. The Morgan fingerprint density at radius 3 is 2.45 bits per heavy atom. The molecule has 0 N–H and O–H groups in total. The highest BCUT2D eigenvalue weighted by atomic mass is 16.5. The standard InChI is InChI=1S/C18H22N2O2/c1-12-7-9-15(10-8-12)17-11-16(19-22-17)18(21)20-13(2)5-4-6-14(20)3/h7-11,13-14H,4-6H2,1-3H3. The summed E-state index contributed by atoms with van der Waals surface area (Å²) in [6.07, 6.45) is 3.29. The Labute approximate surface area is 131 Å². The lowest BCUT2D eigenvalue weighted by Gasteiger charge is -2.38. The van der Waals surface area contributed by atoms with E-state index in [2.05, 4.69) is 19.0 Å². The van der Waals surface area contributed by atoms with Crippen molar-refractivity contribution in [3.8, 4) is 11.3 Å². The van der Waals surface area contributed by atoms with E-state index in [0.717, 1.165) is 18.4 Å². The molecule has 2 aromatic rings. The zero-order valence-corrected chi connectivity index (χ0v) is 13.4. The van der Waals surface area contributed by atoms with Crippen LogP contribution in [0, 0.1) is 6.92 Å². The lowest BCUT2D eigenvalue weighted by Crippen LogP contribution is -2.47. The Morgan fingerprint density at radius 2 is 1.82 bits per heavy atom. The fourth-order valence-electron chi connectivity index (χ4n) is 3.18. The van der Waals surface area contributed by atoms with Crippen LogP contribution >= 0.6 is 0 Å². The first-order valence-electron chi connectivity index (χ1n) is 7.92. The van der Waals surface area contributed by atoms with Crippen molar-refractivity contribution in [2.45, 2.75) is 52.1 Å². The summed E-state index contributed by atoms with van der Waals surface area (Å²) in [6.45, 7) is 6.25. The normalized spacial score (nSPS) is 21.9. The lowest BCUT2D eigenvalue weighted by molar-refractivity contribution is 0.0500. The van der Waals surface area contributed by atoms with Crippen LogP contribution in [0.15, 0.2) is 34.9 Å². The van der Waals surface area contributed by atoms with E-state index in [0.29, 0.717) is 11.5 Å². The average Bonchev–Trinajstić information content (AvgIpc) is 2.97.